The molecule has 3 nitrogen and oxygen atoms in total. The molecule has 2 aliphatic rings. The minimum Gasteiger partial charge on any atom is -0.339 e. The van der Waals surface area contributed by atoms with Gasteiger partial charge in [0.15, 0.2) is 0 Å². The van der Waals surface area contributed by atoms with Crippen LogP contribution in [0.15, 0.2) is 0 Å². The summed E-state index contributed by atoms with van der Waals surface area (Å²) in [6.07, 6.45) is 11.6. The lowest BCUT2D eigenvalue weighted by atomic mass is 9.90. The highest BCUT2D eigenvalue weighted by atomic mass is 16.2. The van der Waals surface area contributed by atoms with E-state index in [1.165, 1.54) is 44.9 Å². The predicted molar refractivity (Wildman–Crippen MR) is 78.8 cm³/mol. The first-order valence-corrected chi connectivity index (χ1v) is 8.30. The Morgan fingerprint density at radius 3 is 2.63 bits per heavy atom. The van der Waals surface area contributed by atoms with Crippen LogP contribution in [-0.2, 0) is 4.79 Å². The standard InChI is InChI=1S/C16H30N2O/c1-2-8-13-9-6-7-12-18(13)16(19)14-10-4-3-5-11-15(14)17/h13-15H,2-12,17H2,1H3. The number of hydrogen-bond acceptors (Lipinski definition) is 2. The largest absolute Gasteiger partial charge is 0.339 e. The van der Waals surface area contributed by atoms with Crippen molar-refractivity contribution < 1.29 is 4.79 Å². The molecule has 1 amide bonds. The zero-order valence-corrected chi connectivity index (χ0v) is 12.4. The van der Waals surface area contributed by atoms with Crippen LogP contribution in [0.5, 0.6) is 0 Å². The van der Waals surface area contributed by atoms with Gasteiger partial charge < -0.3 is 10.6 Å². The van der Waals surface area contributed by atoms with Gasteiger partial charge in [-0.3, -0.25) is 4.79 Å². The Bertz CT molecular complexity index is 290. The summed E-state index contributed by atoms with van der Waals surface area (Å²) in [5.74, 6) is 0.465. The van der Waals surface area contributed by atoms with E-state index >= 15 is 0 Å². The van der Waals surface area contributed by atoms with Crippen LogP contribution in [0.25, 0.3) is 0 Å². The van der Waals surface area contributed by atoms with E-state index in [1.54, 1.807) is 0 Å². The highest BCUT2D eigenvalue weighted by Crippen LogP contribution is 2.28. The fraction of sp³-hybridized carbons (Fsp3) is 0.938. The summed E-state index contributed by atoms with van der Waals surface area (Å²) in [7, 11) is 0. The number of carbonyl (C=O) groups excluding carboxylic acids is 1. The average molecular weight is 266 g/mol. The van der Waals surface area contributed by atoms with E-state index in [9.17, 15) is 4.79 Å². The lowest BCUT2D eigenvalue weighted by Gasteiger charge is -2.39. The number of carbonyl (C=O) groups is 1. The lowest BCUT2D eigenvalue weighted by Crippen LogP contribution is -2.50. The smallest absolute Gasteiger partial charge is 0.227 e. The molecule has 3 heteroatoms. The molecule has 1 saturated heterocycles. The molecule has 1 aliphatic carbocycles. The molecular weight excluding hydrogens is 236 g/mol. The molecule has 2 fully saturated rings. The lowest BCUT2D eigenvalue weighted by molar-refractivity contribution is -0.140. The Morgan fingerprint density at radius 2 is 1.84 bits per heavy atom. The van der Waals surface area contributed by atoms with Gasteiger partial charge in [-0.15, -0.1) is 0 Å². The van der Waals surface area contributed by atoms with Crippen molar-refractivity contribution in [3.8, 4) is 0 Å². The first-order chi connectivity index (χ1) is 9.24. The van der Waals surface area contributed by atoms with E-state index in [2.05, 4.69) is 11.8 Å². The van der Waals surface area contributed by atoms with Crippen molar-refractivity contribution in [2.75, 3.05) is 6.54 Å². The number of rotatable bonds is 3. The van der Waals surface area contributed by atoms with Crippen molar-refractivity contribution in [1.29, 1.82) is 0 Å². The van der Waals surface area contributed by atoms with Crippen molar-refractivity contribution in [2.45, 2.75) is 83.2 Å². The van der Waals surface area contributed by atoms with E-state index in [1.807, 2.05) is 0 Å². The van der Waals surface area contributed by atoms with Crippen LogP contribution < -0.4 is 5.73 Å². The highest BCUT2D eigenvalue weighted by molar-refractivity contribution is 5.80. The SMILES string of the molecule is CCCC1CCCCN1C(=O)C1CCCCCC1N. The van der Waals surface area contributed by atoms with Crippen LogP contribution in [-0.4, -0.2) is 29.4 Å². The monoisotopic (exact) mass is 266 g/mol. The molecule has 0 aromatic heterocycles. The van der Waals surface area contributed by atoms with Crippen molar-refractivity contribution in [3.05, 3.63) is 0 Å². The summed E-state index contributed by atoms with van der Waals surface area (Å²) in [6, 6.07) is 0.584. The quantitative estimate of drug-likeness (QED) is 0.798. The number of hydrogen-bond donors (Lipinski definition) is 1. The van der Waals surface area contributed by atoms with Gasteiger partial charge in [0, 0.05) is 18.6 Å². The Kier molecular flexibility index (Phi) is 5.68. The van der Waals surface area contributed by atoms with Gasteiger partial charge in [-0.05, 0) is 38.5 Å². The molecule has 3 unspecified atom stereocenters. The maximum Gasteiger partial charge on any atom is 0.227 e. The molecule has 0 bridgehead atoms. The van der Waals surface area contributed by atoms with Gasteiger partial charge in [0.1, 0.15) is 0 Å². The molecule has 2 N–H and O–H groups in total. The van der Waals surface area contributed by atoms with Crippen molar-refractivity contribution in [3.63, 3.8) is 0 Å². The maximum atomic E-state index is 12.8. The number of amides is 1. The number of piperidine rings is 1. The minimum atomic E-state index is 0.0965. The van der Waals surface area contributed by atoms with Crippen LogP contribution >= 0.6 is 0 Å². The normalized spacial score (nSPS) is 32.9. The zero-order chi connectivity index (χ0) is 13.7. The van der Waals surface area contributed by atoms with Crippen molar-refractivity contribution in [2.24, 2.45) is 11.7 Å². The highest BCUT2D eigenvalue weighted by Gasteiger charge is 2.34. The molecular formula is C16H30N2O. The first-order valence-electron chi connectivity index (χ1n) is 8.30. The Hall–Kier alpha value is -0.570. The van der Waals surface area contributed by atoms with Gasteiger partial charge in [0.05, 0.1) is 5.92 Å². The second kappa shape index (κ2) is 7.28. The van der Waals surface area contributed by atoms with E-state index in [0.29, 0.717) is 11.9 Å². The van der Waals surface area contributed by atoms with E-state index < -0.39 is 0 Å². The molecule has 0 aromatic rings. The van der Waals surface area contributed by atoms with Crippen LogP contribution in [0.1, 0.15) is 71.1 Å². The van der Waals surface area contributed by atoms with Gasteiger partial charge in [-0.1, -0.05) is 32.6 Å². The summed E-state index contributed by atoms with van der Waals surface area (Å²) in [6.45, 7) is 3.18. The summed E-state index contributed by atoms with van der Waals surface area (Å²) >= 11 is 0. The second-order valence-corrected chi connectivity index (χ2v) is 6.38. The van der Waals surface area contributed by atoms with Gasteiger partial charge in [0.25, 0.3) is 0 Å². The van der Waals surface area contributed by atoms with E-state index in [4.69, 9.17) is 5.73 Å². The molecule has 0 aromatic carbocycles. The van der Waals surface area contributed by atoms with Gasteiger partial charge in [0.2, 0.25) is 5.91 Å². The third kappa shape index (κ3) is 3.71. The van der Waals surface area contributed by atoms with E-state index in [0.717, 1.165) is 25.8 Å². The molecule has 2 rings (SSSR count). The molecule has 1 aliphatic heterocycles. The van der Waals surface area contributed by atoms with Crippen LogP contribution in [0.4, 0.5) is 0 Å². The second-order valence-electron chi connectivity index (χ2n) is 6.38. The summed E-state index contributed by atoms with van der Waals surface area (Å²) in [4.78, 5) is 15.0. The number of likely N-dealkylation sites (tertiary alicyclic amines) is 1. The Labute approximate surface area is 117 Å². The van der Waals surface area contributed by atoms with Crippen molar-refractivity contribution in [1.82, 2.24) is 4.90 Å². The summed E-state index contributed by atoms with van der Waals surface area (Å²) in [5.41, 5.74) is 6.26. The first kappa shape index (κ1) is 14.8. The number of nitrogens with zero attached hydrogens (tertiary/aromatic N) is 1. The predicted octanol–water partition coefficient (Wildman–Crippen LogP) is 3.08. The minimum absolute atomic E-state index is 0.0965. The fourth-order valence-corrected chi connectivity index (χ4v) is 3.78. The Morgan fingerprint density at radius 1 is 1.11 bits per heavy atom. The molecule has 1 saturated carbocycles. The van der Waals surface area contributed by atoms with Gasteiger partial charge >= 0.3 is 0 Å². The van der Waals surface area contributed by atoms with E-state index in [-0.39, 0.29) is 12.0 Å². The topological polar surface area (TPSA) is 46.3 Å². The summed E-state index contributed by atoms with van der Waals surface area (Å²) in [5, 5.41) is 0. The molecule has 110 valence electrons. The third-order valence-electron chi connectivity index (χ3n) is 4.92. The molecule has 0 radical (unpaired) electrons. The zero-order valence-electron chi connectivity index (χ0n) is 12.4. The number of nitrogens with two attached hydrogens (primary N) is 1. The molecule has 3 atom stereocenters. The third-order valence-corrected chi connectivity index (χ3v) is 4.92. The van der Waals surface area contributed by atoms with Gasteiger partial charge in [-0.25, -0.2) is 0 Å². The van der Waals surface area contributed by atoms with Crippen molar-refractivity contribution >= 4 is 5.91 Å². The fourth-order valence-electron chi connectivity index (χ4n) is 3.78. The average Bonchev–Trinajstić information content (AvgIpc) is 2.64. The summed E-state index contributed by atoms with van der Waals surface area (Å²) < 4.78 is 0. The molecule has 0 spiro atoms. The van der Waals surface area contributed by atoms with Crippen LogP contribution in [0.2, 0.25) is 0 Å². The Balaban J connectivity index is 2.02. The maximum absolute atomic E-state index is 12.8. The van der Waals surface area contributed by atoms with Crippen LogP contribution in [0, 0.1) is 5.92 Å². The molecule has 19 heavy (non-hydrogen) atoms. The van der Waals surface area contributed by atoms with Gasteiger partial charge in [-0.2, -0.15) is 0 Å². The van der Waals surface area contributed by atoms with Crippen LogP contribution in [0.3, 0.4) is 0 Å². The molecule has 1 heterocycles.